The lowest BCUT2D eigenvalue weighted by Crippen LogP contribution is -2.46. The molecule has 0 aliphatic heterocycles. The maximum Gasteiger partial charge on any atom is 0.326 e. The van der Waals surface area contributed by atoms with Gasteiger partial charge in [-0.2, -0.15) is 0 Å². The number of carboxylic acid groups (broad SMARTS) is 1. The second-order valence-corrected chi connectivity index (χ2v) is 4.65. The van der Waals surface area contributed by atoms with E-state index in [0.29, 0.717) is 6.42 Å². The molecule has 0 radical (unpaired) electrons. The molecule has 5 heteroatoms. The Morgan fingerprint density at radius 1 is 1.26 bits per heavy atom. The van der Waals surface area contributed by atoms with Crippen molar-refractivity contribution < 1.29 is 14.7 Å². The van der Waals surface area contributed by atoms with Crippen molar-refractivity contribution >= 4 is 17.7 Å². The van der Waals surface area contributed by atoms with Crippen molar-refractivity contribution in [3.63, 3.8) is 0 Å². The van der Waals surface area contributed by atoms with Crippen LogP contribution in [0.4, 0.5) is 10.5 Å². The molecule has 1 atom stereocenters. The molecular weight excluding hydrogens is 244 g/mol. The number of benzene rings is 1. The lowest BCUT2D eigenvalue weighted by Gasteiger charge is -2.21. The maximum atomic E-state index is 12.0. The first-order valence-electron chi connectivity index (χ1n) is 6.20. The van der Waals surface area contributed by atoms with Crippen LogP contribution in [0.15, 0.2) is 18.2 Å². The third-order valence-electron chi connectivity index (χ3n) is 2.90. The normalized spacial score (nSPS) is 11.8. The van der Waals surface area contributed by atoms with Crippen LogP contribution >= 0.6 is 0 Å². The van der Waals surface area contributed by atoms with Crippen LogP contribution in [0, 0.1) is 13.8 Å². The molecule has 0 spiro atoms. The smallest absolute Gasteiger partial charge is 0.326 e. The van der Waals surface area contributed by atoms with E-state index in [9.17, 15) is 9.59 Å². The van der Waals surface area contributed by atoms with Gasteiger partial charge < -0.3 is 10.4 Å². The number of hydrogen-bond acceptors (Lipinski definition) is 2. The van der Waals surface area contributed by atoms with Crippen LogP contribution < -0.4 is 10.2 Å². The van der Waals surface area contributed by atoms with Crippen LogP contribution in [0.1, 0.15) is 24.5 Å². The number of amides is 2. The molecule has 0 unspecified atom stereocenters. The molecular formula is C14H20N2O3. The van der Waals surface area contributed by atoms with E-state index < -0.39 is 18.0 Å². The van der Waals surface area contributed by atoms with Crippen LogP contribution in [0.25, 0.3) is 0 Å². The van der Waals surface area contributed by atoms with Crippen LogP contribution in [-0.2, 0) is 4.79 Å². The molecule has 0 aliphatic rings. The van der Waals surface area contributed by atoms with Gasteiger partial charge in [-0.15, -0.1) is 0 Å². The molecule has 0 fully saturated rings. The predicted molar refractivity (Wildman–Crippen MR) is 74.6 cm³/mol. The summed E-state index contributed by atoms with van der Waals surface area (Å²) in [6, 6.07) is 4.50. The number of nitrogens with zero attached hydrogens (tertiary/aromatic N) is 1. The number of urea groups is 1. The zero-order chi connectivity index (χ0) is 14.6. The minimum Gasteiger partial charge on any atom is -0.480 e. The average Bonchev–Trinajstić information content (AvgIpc) is 2.33. The number of nitrogens with one attached hydrogen (secondary N) is 1. The highest BCUT2D eigenvalue weighted by molar-refractivity contribution is 5.94. The summed E-state index contributed by atoms with van der Waals surface area (Å²) in [6.45, 7) is 5.62. The standard InChI is InChI=1S/C14H20N2O3/c1-5-12(13(17)18)15-14(19)16(4)11-7-9(2)6-10(3)8-11/h6-8,12H,5H2,1-4H3,(H,15,19)(H,17,18)/t12-/m0/s1. The zero-order valence-corrected chi connectivity index (χ0v) is 11.7. The Morgan fingerprint density at radius 2 is 1.79 bits per heavy atom. The lowest BCUT2D eigenvalue weighted by molar-refractivity contribution is -0.139. The molecule has 2 amide bonds. The second-order valence-electron chi connectivity index (χ2n) is 4.65. The van der Waals surface area contributed by atoms with Gasteiger partial charge in [0.15, 0.2) is 0 Å². The van der Waals surface area contributed by atoms with E-state index in [4.69, 9.17) is 5.11 Å². The van der Waals surface area contributed by atoms with Gasteiger partial charge in [0, 0.05) is 12.7 Å². The van der Waals surface area contributed by atoms with E-state index in [2.05, 4.69) is 5.32 Å². The quantitative estimate of drug-likeness (QED) is 0.876. The molecule has 0 aliphatic carbocycles. The van der Waals surface area contributed by atoms with Gasteiger partial charge in [-0.3, -0.25) is 4.90 Å². The van der Waals surface area contributed by atoms with Crippen LogP contribution in [0.2, 0.25) is 0 Å². The maximum absolute atomic E-state index is 12.0. The fourth-order valence-corrected chi connectivity index (χ4v) is 1.85. The number of aryl methyl sites for hydroxylation is 2. The number of carbonyl (C=O) groups excluding carboxylic acids is 1. The van der Waals surface area contributed by atoms with E-state index >= 15 is 0 Å². The first-order valence-corrected chi connectivity index (χ1v) is 6.20. The van der Waals surface area contributed by atoms with Gasteiger partial charge in [-0.1, -0.05) is 13.0 Å². The van der Waals surface area contributed by atoms with Crippen LogP contribution in [0.5, 0.6) is 0 Å². The van der Waals surface area contributed by atoms with Crippen molar-refractivity contribution in [1.82, 2.24) is 5.32 Å². The summed E-state index contributed by atoms with van der Waals surface area (Å²) >= 11 is 0. The Bertz CT molecular complexity index is 465. The summed E-state index contributed by atoms with van der Waals surface area (Å²) in [7, 11) is 1.62. The van der Waals surface area contributed by atoms with E-state index in [1.165, 1.54) is 4.90 Å². The van der Waals surface area contributed by atoms with Crippen molar-refractivity contribution in [2.75, 3.05) is 11.9 Å². The first-order chi connectivity index (χ1) is 8.85. The van der Waals surface area contributed by atoms with Crippen molar-refractivity contribution in [3.05, 3.63) is 29.3 Å². The van der Waals surface area contributed by atoms with Gasteiger partial charge in [-0.25, -0.2) is 9.59 Å². The van der Waals surface area contributed by atoms with E-state index in [1.807, 2.05) is 32.0 Å². The molecule has 1 aromatic rings. The Labute approximate surface area is 113 Å². The average molecular weight is 264 g/mol. The van der Waals surface area contributed by atoms with Gasteiger partial charge in [0.05, 0.1) is 0 Å². The number of aliphatic carboxylic acids is 1. The number of hydrogen-bond donors (Lipinski definition) is 2. The molecule has 1 aromatic carbocycles. The van der Waals surface area contributed by atoms with Gasteiger partial charge in [0.1, 0.15) is 6.04 Å². The predicted octanol–water partition coefficient (Wildman–Crippen LogP) is 2.31. The summed E-state index contributed by atoms with van der Waals surface area (Å²) in [6.07, 6.45) is 0.349. The molecule has 0 bridgehead atoms. The SMILES string of the molecule is CC[C@H](NC(=O)N(C)c1cc(C)cc(C)c1)C(=O)O. The Kier molecular flexibility index (Phi) is 4.92. The number of carboxylic acids is 1. The van der Waals surface area contributed by atoms with Gasteiger partial charge in [-0.05, 0) is 43.5 Å². The van der Waals surface area contributed by atoms with Gasteiger partial charge in [0.2, 0.25) is 0 Å². The third-order valence-corrected chi connectivity index (χ3v) is 2.90. The first kappa shape index (κ1) is 15.0. The highest BCUT2D eigenvalue weighted by Gasteiger charge is 2.20. The molecule has 0 heterocycles. The van der Waals surface area contributed by atoms with Gasteiger partial charge >= 0.3 is 12.0 Å². The molecule has 5 nitrogen and oxygen atoms in total. The van der Waals surface area contributed by atoms with Crippen LogP contribution in [-0.4, -0.2) is 30.2 Å². The Balaban J connectivity index is 2.84. The van der Waals surface area contributed by atoms with E-state index in [0.717, 1.165) is 16.8 Å². The monoisotopic (exact) mass is 264 g/mol. The minimum atomic E-state index is -1.02. The minimum absolute atomic E-state index is 0.349. The molecule has 104 valence electrons. The summed E-state index contributed by atoms with van der Waals surface area (Å²) in [5.41, 5.74) is 2.86. The second kappa shape index (κ2) is 6.22. The summed E-state index contributed by atoms with van der Waals surface area (Å²) < 4.78 is 0. The highest BCUT2D eigenvalue weighted by Crippen LogP contribution is 2.17. The van der Waals surface area contributed by atoms with Crippen molar-refractivity contribution in [2.24, 2.45) is 0 Å². The van der Waals surface area contributed by atoms with Crippen molar-refractivity contribution in [3.8, 4) is 0 Å². The summed E-state index contributed by atoms with van der Waals surface area (Å²) in [5, 5.41) is 11.4. The topological polar surface area (TPSA) is 69.6 Å². The zero-order valence-electron chi connectivity index (χ0n) is 11.7. The molecule has 0 saturated heterocycles. The van der Waals surface area contributed by atoms with E-state index in [1.54, 1.807) is 14.0 Å². The molecule has 2 N–H and O–H groups in total. The third kappa shape index (κ3) is 3.98. The fraction of sp³-hybridized carbons (Fsp3) is 0.429. The molecule has 1 rings (SSSR count). The van der Waals surface area contributed by atoms with Crippen LogP contribution in [0.3, 0.4) is 0 Å². The van der Waals surface area contributed by atoms with Crippen molar-refractivity contribution in [1.29, 1.82) is 0 Å². The lowest BCUT2D eigenvalue weighted by atomic mass is 10.1. The summed E-state index contributed by atoms with van der Waals surface area (Å²) in [4.78, 5) is 24.3. The van der Waals surface area contributed by atoms with Crippen molar-refractivity contribution in [2.45, 2.75) is 33.2 Å². The fourth-order valence-electron chi connectivity index (χ4n) is 1.85. The van der Waals surface area contributed by atoms with E-state index in [-0.39, 0.29) is 0 Å². The Hall–Kier alpha value is -2.04. The number of carbonyl (C=O) groups is 2. The Morgan fingerprint density at radius 3 is 2.21 bits per heavy atom. The largest absolute Gasteiger partial charge is 0.480 e. The van der Waals surface area contributed by atoms with Gasteiger partial charge in [0.25, 0.3) is 0 Å². The number of anilines is 1. The molecule has 0 aromatic heterocycles. The molecule has 0 saturated carbocycles. The highest BCUT2D eigenvalue weighted by atomic mass is 16.4. The summed E-state index contributed by atoms with van der Waals surface area (Å²) in [5.74, 6) is -1.02. The molecule has 19 heavy (non-hydrogen) atoms. The number of rotatable bonds is 4.